The van der Waals surface area contributed by atoms with E-state index in [1.807, 2.05) is 6.07 Å². The summed E-state index contributed by atoms with van der Waals surface area (Å²) in [7, 11) is 0. The third-order valence-corrected chi connectivity index (χ3v) is 3.07. The molecule has 7 heteroatoms. The number of hydrogen-bond acceptors (Lipinski definition) is 5. The number of nitro groups is 1. The molecule has 23 heavy (non-hydrogen) atoms. The summed E-state index contributed by atoms with van der Waals surface area (Å²) < 4.78 is 11.2. The molecule has 0 aliphatic carbocycles. The van der Waals surface area contributed by atoms with Gasteiger partial charge >= 0.3 is 0 Å². The molecule has 0 saturated heterocycles. The number of amides is 1. The van der Waals surface area contributed by atoms with Crippen molar-refractivity contribution in [2.24, 2.45) is 5.73 Å². The Hall–Kier alpha value is -3.09. The number of primary amides is 1. The minimum atomic E-state index is -1.34. The van der Waals surface area contributed by atoms with E-state index in [0.29, 0.717) is 5.75 Å². The Kier molecular flexibility index (Phi) is 4.49. The van der Waals surface area contributed by atoms with Crippen LogP contribution in [-0.4, -0.2) is 16.4 Å². The van der Waals surface area contributed by atoms with Crippen molar-refractivity contribution in [2.45, 2.75) is 19.4 Å². The number of nitro benzene ring substituents is 1. The van der Waals surface area contributed by atoms with Gasteiger partial charge in [-0.25, -0.2) is 0 Å². The molecule has 2 rings (SSSR count). The molecule has 0 unspecified atom stereocenters. The molecule has 0 aliphatic rings. The summed E-state index contributed by atoms with van der Waals surface area (Å²) in [5.74, 6) is 0.140. The van der Waals surface area contributed by atoms with Crippen molar-refractivity contribution < 1.29 is 19.2 Å². The highest BCUT2D eigenvalue weighted by Crippen LogP contribution is 2.36. The third kappa shape index (κ3) is 3.97. The Labute approximate surface area is 132 Å². The molecule has 0 aliphatic heterocycles. The second-order valence-corrected chi connectivity index (χ2v) is 5.28. The summed E-state index contributed by atoms with van der Waals surface area (Å²) in [5, 5.41) is 10.9. The number of rotatable bonds is 6. The van der Waals surface area contributed by atoms with Crippen LogP contribution in [0.25, 0.3) is 0 Å². The zero-order chi connectivity index (χ0) is 17.0. The lowest BCUT2D eigenvalue weighted by Gasteiger charge is -2.24. The SMILES string of the molecule is CC(C)(Oc1cc([N+](=O)[O-])ccc1Oc1ccccc1)C(N)=O. The van der Waals surface area contributed by atoms with Gasteiger partial charge in [0.1, 0.15) is 5.75 Å². The third-order valence-electron chi connectivity index (χ3n) is 3.07. The van der Waals surface area contributed by atoms with Crippen molar-refractivity contribution >= 4 is 11.6 Å². The van der Waals surface area contributed by atoms with E-state index in [0.717, 1.165) is 0 Å². The van der Waals surface area contributed by atoms with Crippen molar-refractivity contribution in [3.63, 3.8) is 0 Å². The van der Waals surface area contributed by atoms with Crippen LogP contribution in [0, 0.1) is 10.1 Å². The van der Waals surface area contributed by atoms with Crippen LogP contribution in [-0.2, 0) is 4.79 Å². The standard InChI is InChI=1S/C16H16N2O5/c1-16(2,15(17)19)23-14-10-11(18(20)21)8-9-13(14)22-12-6-4-3-5-7-12/h3-10H,1-2H3,(H2,17,19). The minimum absolute atomic E-state index is 0.0619. The number of benzene rings is 2. The largest absolute Gasteiger partial charge is 0.474 e. The number of non-ortho nitro benzene ring substituents is 1. The average molecular weight is 316 g/mol. The van der Waals surface area contributed by atoms with Gasteiger partial charge in [-0.3, -0.25) is 14.9 Å². The lowest BCUT2D eigenvalue weighted by molar-refractivity contribution is -0.385. The fourth-order valence-corrected chi connectivity index (χ4v) is 1.72. The zero-order valence-corrected chi connectivity index (χ0v) is 12.7. The summed E-state index contributed by atoms with van der Waals surface area (Å²) in [6, 6.07) is 12.8. The monoisotopic (exact) mass is 316 g/mol. The number of hydrogen-bond donors (Lipinski definition) is 1. The molecule has 2 N–H and O–H groups in total. The molecule has 1 amide bonds. The summed E-state index contributed by atoms with van der Waals surface area (Å²) >= 11 is 0. The van der Waals surface area contributed by atoms with Crippen molar-refractivity contribution in [3.8, 4) is 17.2 Å². The average Bonchev–Trinajstić information content (AvgIpc) is 2.49. The fraction of sp³-hybridized carbons (Fsp3) is 0.188. The van der Waals surface area contributed by atoms with Gasteiger partial charge in [0.05, 0.1) is 11.0 Å². The van der Waals surface area contributed by atoms with E-state index in [1.54, 1.807) is 24.3 Å². The molecule has 0 atom stereocenters. The van der Waals surface area contributed by atoms with Gasteiger partial charge in [-0.1, -0.05) is 18.2 Å². The van der Waals surface area contributed by atoms with Gasteiger partial charge in [0.25, 0.3) is 11.6 Å². The van der Waals surface area contributed by atoms with Crippen LogP contribution < -0.4 is 15.2 Å². The zero-order valence-electron chi connectivity index (χ0n) is 12.7. The maximum absolute atomic E-state index is 11.4. The van der Waals surface area contributed by atoms with Gasteiger partial charge in [0.15, 0.2) is 17.1 Å². The Morgan fingerprint density at radius 3 is 2.35 bits per heavy atom. The fourth-order valence-electron chi connectivity index (χ4n) is 1.72. The van der Waals surface area contributed by atoms with Crippen LogP contribution in [0.4, 0.5) is 5.69 Å². The van der Waals surface area contributed by atoms with Crippen LogP contribution in [0.15, 0.2) is 48.5 Å². The highest BCUT2D eigenvalue weighted by molar-refractivity contribution is 5.83. The number of ether oxygens (including phenoxy) is 2. The molecule has 0 fully saturated rings. The first-order chi connectivity index (χ1) is 10.8. The predicted octanol–water partition coefficient (Wildman–Crippen LogP) is 3.03. The molecule has 0 spiro atoms. The van der Waals surface area contributed by atoms with Crippen LogP contribution in [0.1, 0.15) is 13.8 Å². The first-order valence-electron chi connectivity index (χ1n) is 6.80. The molecular formula is C16H16N2O5. The van der Waals surface area contributed by atoms with E-state index in [9.17, 15) is 14.9 Å². The van der Waals surface area contributed by atoms with E-state index in [2.05, 4.69) is 0 Å². The molecular weight excluding hydrogens is 300 g/mol. The van der Waals surface area contributed by atoms with E-state index < -0.39 is 16.4 Å². The molecule has 2 aromatic carbocycles. The van der Waals surface area contributed by atoms with Gasteiger partial charge in [-0.2, -0.15) is 0 Å². The van der Waals surface area contributed by atoms with E-state index in [4.69, 9.17) is 15.2 Å². The highest BCUT2D eigenvalue weighted by atomic mass is 16.6. The molecule has 120 valence electrons. The predicted molar refractivity (Wildman–Crippen MR) is 83.5 cm³/mol. The summed E-state index contributed by atoms with van der Waals surface area (Å²) in [6.07, 6.45) is 0. The Morgan fingerprint density at radius 1 is 1.13 bits per heavy atom. The van der Waals surface area contributed by atoms with Crippen molar-refractivity contribution in [2.75, 3.05) is 0 Å². The lowest BCUT2D eigenvalue weighted by atomic mass is 10.1. The van der Waals surface area contributed by atoms with Crippen LogP contribution in [0.3, 0.4) is 0 Å². The van der Waals surface area contributed by atoms with E-state index in [-0.39, 0.29) is 17.2 Å². The van der Waals surface area contributed by atoms with Crippen LogP contribution >= 0.6 is 0 Å². The molecule has 0 saturated carbocycles. The summed E-state index contributed by atoms with van der Waals surface area (Å²) in [5.41, 5.74) is 3.76. The van der Waals surface area contributed by atoms with Crippen molar-refractivity contribution in [1.82, 2.24) is 0 Å². The van der Waals surface area contributed by atoms with Gasteiger partial charge in [0.2, 0.25) is 0 Å². The molecule has 0 heterocycles. The first-order valence-corrected chi connectivity index (χ1v) is 6.80. The number of nitrogens with two attached hydrogens (primary N) is 1. The lowest BCUT2D eigenvalue weighted by Crippen LogP contribution is -2.43. The van der Waals surface area contributed by atoms with Crippen molar-refractivity contribution in [1.29, 1.82) is 0 Å². The van der Waals surface area contributed by atoms with Gasteiger partial charge in [0, 0.05) is 6.07 Å². The van der Waals surface area contributed by atoms with Gasteiger partial charge in [-0.15, -0.1) is 0 Å². The van der Waals surface area contributed by atoms with Gasteiger partial charge < -0.3 is 15.2 Å². The molecule has 0 aromatic heterocycles. The Bertz CT molecular complexity index is 729. The summed E-state index contributed by atoms with van der Waals surface area (Å²) in [4.78, 5) is 21.8. The Morgan fingerprint density at radius 2 is 1.78 bits per heavy atom. The molecule has 0 bridgehead atoms. The molecule has 2 aromatic rings. The minimum Gasteiger partial charge on any atom is -0.474 e. The molecule has 0 radical (unpaired) electrons. The summed E-state index contributed by atoms with van der Waals surface area (Å²) in [6.45, 7) is 2.95. The van der Waals surface area contributed by atoms with Gasteiger partial charge in [-0.05, 0) is 32.0 Å². The Balaban J connectivity index is 2.41. The second kappa shape index (κ2) is 6.35. The first kappa shape index (κ1) is 16.3. The van der Waals surface area contributed by atoms with Crippen LogP contribution in [0.5, 0.6) is 17.2 Å². The smallest absolute Gasteiger partial charge is 0.273 e. The topological polar surface area (TPSA) is 105 Å². The second-order valence-electron chi connectivity index (χ2n) is 5.28. The maximum atomic E-state index is 11.4. The van der Waals surface area contributed by atoms with E-state index >= 15 is 0 Å². The number of carbonyl (C=O) groups excluding carboxylic acids is 1. The van der Waals surface area contributed by atoms with Crippen molar-refractivity contribution in [3.05, 3.63) is 58.6 Å². The number of carbonyl (C=O) groups is 1. The molecule has 7 nitrogen and oxygen atoms in total. The van der Waals surface area contributed by atoms with E-state index in [1.165, 1.54) is 32.0 Å². The highest BCUT2D eigenvalue weighted by Gasteiger charge is 2.29. The quantitative estimate of drug-likeness (QED) is 0.651. The number of nitrogens with zero attached hydrogens (tertiary/aromatic N) is 1. The maximum Gasteiger partial charge on any atom is 0.273 e. The normalized spacial score (nSPS) is 10.9. The van der Waals surface area contributed by atoms with Crippen LogP contribution in [0.2, 0.25) is 0 Å². The number of para-hydroxylation sites is 1.